The van der Waals surface area contributed by atoms with Crippen molar-refractivity contribution in [3.05, 3.63) is 47.6 Å². The number of hydrogen-bond donors (Lipinski definition) is 0. The lowest BCUT2D eigenvalue weighted by Gasteiger charge is -2.16. The number of para-hydroxylation sites is 1. The Morgan fingerprint density at radius 2 is 2.23 bits per heavy atom. The van der Waals surface area contributed by atoms with Gasteiger partial charge in [-0.25, -0.2) is 4.39 Å². The largest absolute Gasteiger partial charge is 0.489 e. The monoisotopic (exact) mass is 304 g/mol. The maximum absolute atomic E-state index is 13.4. The highest BCUT2D eigenvalue weighted by atomic mass is 19.1. The molecule has 6 heteroatoms. The van der Waals surface area contributed by atoms with Gasteiger partial charge in [0, 0.05) is 19.0 Å². The van der Waals surface area contributed by atoms with Crippen molar-refractivity contribution in [1.29, 1.82) is 0 Å². The zero-order valence-electron chi connectivity index (χ0n) is 12.3. The molecule has 0 radical (unpaired) electrons. The lowest BCUT2D eigenvalue weighted by molar-refractivity contribution is 0.0762. The van der Waals surface area contributed by atoms with E-state index in [9.17, 15) is 9.18 Å². The Kier molecular flexibility index (Phi) is 4.09. The second-order valence-corrected chi connectivity index (χ2v) is 5.39. The molecule has 1 aliphatic rings. The molecule has 1 aromatic carbocycles. The molecule has 0 atom stereocenters. The summed E-state index contributed by atoms with van der Waals surface area (Å²) < 4.78 is 23.9. The number of carbonyl (C=O) groups is 1. The van der Waals surface area contributed by atoms with Gasteiger partial charge in [-0.15, -0.1) is 0 Å². The SMILES string of the molecule is CN(CCOc1ccccc1F)C(=O)c1cc(C2CC2)on1. The number of benzene rings is 1. The number of rotatable bonds is 6. The van der Waals surface area contributed by atoms with Gasteiger partial charge in [-0.2, -0.15) is 0 Å². The molecular formula is C16H17FN2O3. The van der Waals surface area contributed by atoms with Crippen molar-refractivity contribution in [1.82, 2.24) is 10.1 Å². The van der Waals surface area contributed by atoms with Gasteiger partial charge in [-0.05, 0) is 25.0 Å². The molecule has 0 N–H and O–H groups in total. The van der Waals surface area contributed by atoms with Gasteiger partial charge >= 0.3 is 0 Å². The van der Waals surface area contributed by atoms with E-state index in [4.69, 9.17) is 9.26 Å². The van der Waals surface area contributed by atoms with E-state index in [1.807, 2.05) is 0 Å². The second-order valence-electron chi connectivity index (χ2n) is 5.39. The van der Waals surface area contributed by atoms with Crippen LogP contribution < -0.4 is 4.74 Å². The first-order valence-corrected chi connectivity index (χ1v) is 7.24. The first-order chi connectivity index (χ1) is 10.6. The van der Waals surface area contributed by atoms with E-state index in [1.165, 1.54) is 11.0 Å². The lowest BCUT2D eigenvalue weighted by atomic mass is 10.2. The predicted molar refractivity (Wildman–Crippen MR) is 77.3 cm³/mol. The predicted octanol–water partition coefficient (Wildman–Crippen LogP) is 2.84. The highest BCUT2D eigenvalue weighted by Crippen LogP contribution is 2.40. The number of carbonyl (C=O) groups excluding carboxylic acids is 1. The molecule has 0 spiro atoms. The Hall–Kier alpha value is -2.37. The maximum atomic E-state index is 13.4. The van der Waals surface area contributed by atoms with Crippen LogP contribution in [0.3, 0.4) is 0 Å². The van der Waals surface area contributed by atoms with Crippen LogP contribution >= 0.6 is 0 Å². The van der Waals surface area contributed by atoms with Gasteiger partial charge < -0.3 is 14.2 Å². The summed E-state index contributed by atoms with van der Waals surface area (Å²) in [5.41, 5.74) is 0.301. The van der Waals surface area contributed by atoms with Crippen molar-refractivity contribution in [2.45, 2.75) is 18.8 Å². The number of nitrogens with zero attached hydrogens (tertiary/aromatic N) is 2. The van der Waals surface area contributed by atoms with Gasteiger partial charge in [-0.3, -0.25) is 4.79 Å². The average Bonchev–Trinajstić information content (AvgIpc) is 3.26. The van der Waals surface area contributed by atoms with Crippen LogP contribution in [0.1, 0.15) is 35.0 Å². The van der Waals surface area contributed by atoms with Gasteiger partial charge in [-0.1, -0.05) is 17.3 Å². The minimum atomic E-state index is -0.415. The number of amides is 1. The van der Waals surface area contributed by atoms with E-state index in [0.717, 1.165) is 18.6 Å². The number of hydrogen-bond acceptors (Lipinski definition) is 4. The molecule has 5 nitrogen and oxygen atoms in total. The van der Waals surface area contributed by atoms with Crippen LogP contribution in [0, 0.1) is 5.82 Å². The zero-order valence-corrected chi connectivity index (χ0v) is 12.3. The Morgan fingerprint density at radius 1 is 1.45 bits per heavy atom. The summed E-state index contributed by atoms with van der Waals surface area (Å²) >= 11 is 0. The average molecular weight is 304 g/mol. The summed E-state index contributed by atoms with van der Waals surface area (Å²) in [4.78, 5) is 13.7. The molecule has 3 rings (SSSR count). The van der Waals surface area contributed by atoms with E-state index in [2.05, 4.69) is 5.16 Å². The standard InChI is InChI=1S/C16H17FN2O3/c1-19(8-9-21-14-5-3-2-4-12(14)17)16(20)13-10-15(22-18-13)11-6-7-11/h2-5,10-11H,6-9H2,1H3. The van der Waals surface area contributed by atoms with Crippen LogP contribution in [0.4, 0.5) is 4.39 Å². The second kappa shape index (κ2) is 6.17. The van der Waals surface area contributed by atoms with Crippen LogP contribution in [0.25, 0.3) is 0 Å². The number of halogens is 1. The van der Waals surface area contributed by atoms with E-state index < -0.39 is 5.82 Å². The van der Waals surface area contributed by atoms with Crippen molar-refractivity contribution in [2.75, 3.05) is 20.2 Å². The molecule has 1 aliphatic carbocycles. The van der Waals surface area contributed by atoms with Crippen molar-refractivity contribution in [3.8, 4) is 5.75 Å². The van der Waals surface area contributed by atoms with Crippen LogP contribution in [0.5, 0.6) is 5.75 Å². The Labute approximate surface area is 127 Å². The Morgan fingerprint density at radius 3 is 2.95 bits per heavy atom. The number of likely N-dealkylation sites (N-methyl/N-ethyl adjacent to an activating group) is 1. The molecule has 1 amide bonds. The fourth-order valence-corrected chi connectivity index (χ4v) is 2.10. The molecule has 1 fully saturated rings. The molecule has 0 saturated heterocycles. The normalized spacial score (nSPS) is 13.9. The van der Waals surface area contributed by atoms with Crippen LogP contribution in [-0.2, 0) is 0 Å². The molecule has 0 bridgehead atoms. The first-order valence-electron chi connectivity index (χ1n) is 7.24. The Balaban J connectivity index is 1.51. The van der Waals surface area contributed by atoms with E-state index in [0.29, 0.717) is 18.2 Å². The Bertz CT molecular complexity index is 667. The fraction of sp³-hybridized carbons (Fsp3) is 0.375. The van der Waals surface area contributed by atoms with Gasteiger partial charge in [0.25, 0.3) is 5.91 Å². The number of aromatic nitrogens is 1. The highest BCUT2D eigenvalue weighted by Gasteiger charge is 2.29. The van der Waals surface area contributed by atoms with Crippen molar-refractivity contribution in [2.24, 2.45) is 0 Å². The zero-order chi connectivity index (χ0) is 15.5. The summed E-state index contributed by atoms with van der Waals surface area (Å²) in [6, 6.07) is 7.88. The topological polar surface area (TPSA) is 55.6 Å². The minimum Gasteiger partial charge on any atom is -0.489 e. The van der Waals surface area contributed by atoms with E-state index >= 15 is 0 Å². The van der Waals surface area contributed by atoms with E-state index in [1.54, 1.807) is 31.3 Å². The van der Waals surface area contributed by atoms with Crippen LogP contribution in [0.15, 0.2) is 34.9 Å². The molecule has 1 heterocycles. The molecule has 1 saturated carbocycles. The smallest absolute Gasteiger partial charge is 0.275 e. The maximum Gasteiger partial charge on any atom is 0.275 e. The lowest BCUT2D eigenvalue weighted by Crippen LogP contribution is -2.31. The van der Waals surface area contributed by atoms with Gasteiger partial charge in [0.15, 0.2) is 17.3 Å². The summed E-state index contributed by atoms with van der Waals surface area (Å²) in [7, 11) is 1.65. The molecule has 116 valence electrons. The van der Waals surface area contributed by atoms with Crippen LogP contribution in [-0.4, -0.2) is 36.2 Å². The third-order valence-corrected chi connectivity index (χ3v) is 3.59. The first kappa shape index (κ1) is 14.6. The summed E-state index contributed by atoms with van der Waals surface area (Å²) in [5, 5.41) is 3.81. The van der Waals surface area contributed by atoms with Gasteiger partial charge in [0.2, 0.25) is 0 Å². The molecule has 1 aromatic heterocycles. The van der Waals surface area contributed by atoms with Crippen LogP contribution in [0.2, 0.25) is 0 Å². The highest BCUT2D eigenvalue weighted by molar-refractivity contribution is 5.92. The van der Waals surface area contributed by atoms with Crippen molar-refractivity contribution >= 4 is 5.91 Å². The number of ether oxygens (including phenoxy) is 1. The molecule has 22 heavy (non-hydrogen) atoms. The van der Waals surface area contributed by atoms with Crippen molar-refractivity contribution in [3.63, 3.8) is 0 Å². The van der Waals surface area contributed by atoms with Gasteiger partial charge in [0.05, 0.1) is 6.54 Å². The summed E-state index contributed by atoms with van der Waals surface area (Å²) in [5.74, 6) is 0.735. The molecule has 0 unspecified atom stereocenters. The fourth-order valence-electron chi connectivity index (χ4n) is 2.10. The third kappa shape index (κ3) is 3.27. The minimum absolute atomic E-state index is 0.181. The third-order valence-electron chi connectivity index (χ3n) is 3.59. The quantitative estimate of drug-likeness (QED) is 0.823. The molecule has 0 aliphatic heterocycles. The van der Waals surface area contributed by atoms with Gasteiger partial charge in [0.1, 0.15) is 12.4 Å². The van der Waals surface area contributed by atoms with Crippen molar-refractivity contribution < 1.29 is 18.4 Å². The summed E-state index contributed by atoms with van der Waals surface area (Å²) in [6.45, 7) is 0.537. The molecule has 2 aromatic rings. The summed E-state index contributed by atoms with van der Waals surface area (Å²) in [6.07, 6.45) is 2.18. The van der Waals surface area contributed by atoms with E-state index in [-0.39, 0.29) is 18.3 Å². The molecular weight excluding hydrogens is 287 g/mol.